The third-order valence-electron chi connectivity index (χ3n) is 4.04. The number of ether oxygens (including phenoxy) is 2. The van der Waals surface area contributed by atoms with Crippen LogP contribution in [0, 0.1) is 0 Å². The first kappa shape index (κ1) is 21.7. The van der Waals surface area contributed by atoms with E-state index < -0.39 is 28.5 Å². The van der Waals surface area contributed by atoms with Crippen LogP contribution in [0.25, 0.3) is 10.2 Å². The van der Waals surface area contributed by atoms with E-state index in [9.17, 15) is 18.0 Å². The van der Waals surface area contributed by atoms with Gasteiger partial charge >= 0.3 is 5.97 Å². The van der Waals surface area contributed by atoms with Crippen molar-refractivity contribution in [2.75, 3.05) is 33.1 Å². The van der Waals surface area contributed by atoms with Crippen LogP contribution >= 0.6 is 11.3 Å². The van der Waals surface area contributed by atoms with E-state index in [0.29, 0.717) is 16.4 Å². The van der Waals surface area contributed by atoms with Gasteiger partial charge in [-0.05, 0) is 42.5 Å². The Labute approximate surface area is 177 Å². The van der Waals surface area contributed by atoms with Crippen LogP contribution in [-0.4, -0.2) is 57.4 Å². The quantitative estimate of drug-likeness (QED) is 0.551. The lowest BCUT2D eigenvalue weighted by atomic mass is 10.2. The zero-order valence-electron chi connectivity index (χ0n) is 16.4. The maximum Gasteiger partial charge on any atom is 0.338 e. The van der Waals surface area contributed by atoms with Crippen LogP contribution in [0.5, 0.6) is 5.75 Å². The molecule has 1 heterocycles. The Hall–Kier alpha value is -3.02. The third kappa shape index (κ3) is 4.75. The van der Waals surface area contributed by atoms with Crippen LogP contribution in [0.15, 0.2) is 47.4 Å². The molecule has 0 aliphatic carbocycles. The minimum atomic E-state index is -3.59. The Morgan fingerprint density at radius 3 is 2.47 bits per heavy atom. The molecule has 1 amide bonds. The third-order valence-corrected chi connectivity index (χ3v) is 6.81. The van der Waals surface area contributed by atoms with Crippen LogP contribution in [-0.2, 0) is 19.6 Å². The highest BCUT2D eigenvalue weighted by molar-refractivity contribution is 7.89. The monoisotopic (exact) mass is 449 g/mol. The van der Waals surface area contributed by atoms with E-state index in [1.807, 2.05) is 6.07 Å². The molecule has 0 spiro atoms. The number of carbonyl (C=O) groups is 2. The molecule has 1 aromatic heterocycles. The van der Waals surface area contributed by atoms with Crippen LogP contribution in [0.3, 0.4) is 0 Å². The molecule has 0 saturated carbocycles. The highest BCUT2D eigenvalue weighted by atomic mass is 32.2. The molecule has 158 valence electrons. The molecular formula is C19H19N3O6S2. The molecule has 0 fully saturated rings. The van der Waals surface area contributed by atoms with E-state index in [4.69, 9.17) is 9.47 Å². The van der Waals surface area contributed by atoms with Crippen molar-refractivity contribution < 1.29 is 27.5 Å². The number of nitrogens with zero attached hydrogens (tertiary/aromatic N) is 2. The number of rotatable bonds is 7. The van der Waals surface area contributed by atoms with Gasteiger partial charge in [0.25, 0.3) is 5.91 Å². The van der Waals surface area contributed by atoms with Crippen molar-refractivity contribution in [2.45, 2.75) is 4.90 Å². The Balaban J connectivity index is 1.58. The summed E-state index contributed by atoms with van der Waals surface area (Å²) in [6.45, 7) is -0.504. The molecule has 0 unspecified atom stereocenters. The summed E-state index contributed by atoms with van der Waals surface area (Å²) in [7, 11) is 0.801. The predicted octanol–water partition coefficient (Wildman–Crippen LogP) is 2.35. The summed E-state index contributed by atoms with van der Waals surface area (Å²) < 4.78 is 36.2. The number of sulfonamides is 1. The van der Waals surface area contributed by atoms with Crippen LogP contribution in [0.2, 0.25) is 0 Å². The lowest BCUT2D eigenvalue weighted by molar-refractivity contribution is -0.119. The number of anilines is 1. The maximum absolute atomic E-state index is 12.1. The predicted molar refractivity (Wildman–Crippen MR) is 112 cm³/mol. The number of hydrogen-bond donors (Lipinski definition) is 1. The van der Waals surface area contributed by atoms with Crippen molar-refractivity contribution in [3.8, 4) is 5.75 Å². The fourth-order valence-corrected chi connectivity index (χ4v) is 4.24. The zero-order chi connectivity index (χ0) is 21.9. The lowest BCUT2D eigenvalue weighted by Crippen LogP contribution is -2.22. The molecule has 2 aromatic carbocycles. The number of amides is 1. The number of hydrogen-bond acceptors (Lipinski definition) is 8. The average Bonchev–Trinajstić information content (AvgIpc) is 3.13. The number of thiazole rings is 1. The zero-order valence-corrected chi connectivity index (χ0v) is 18.0. The second kappa shape index (κ2) is 8.78. The normalized spacial score (nSPS) is 11.5. The van der Waals surface area contributed by atoms with Crippen molar-refractivity contribution in [2.24, 2.45) is 0 Å². The smallest absolute Gasteiger partial charge is 0.338 e. The van der Waals surface area contributed by atoms with Crippen molar-refractivity contribution in [1.82, 2.24) is 9.29 Å². The Morgan fingerprint density at radius 1 is 1.13 bits per heavy atom. The minimum absolute atomic E-state index is 0.0502. The number of fused-ring (bicyclic) bond motifs is 1. The molecule has 0 aliphatic rings. The molecule has 9 nitrogen and oxygen atoms in total. The number of benzene rings is 2. The SMILES string of the molecule is COc1ccc2nc(NC(=O)COC(=O)c3ccc(S(=O)(=O)N(C)C)cc3)sc2c1. The van der Waals surface area contributed by atoms with Gasteiger partial charge in [-0.1, -0.05) is 11.3 Å². The van der Waals surface area contributed by atoms with E-state index in [2.05, 4.69) is 10.3 Å². The van der Waals surface area contributed by atoms with Gasteiger partial charge in [0.2, 0.25) is 10.0 Å². The molecule has 0 bridgehead atoms. The number of esters is 1. The van der Waals surface area contributed by atoms with Crippen molar-refractivity contribution >= 4 is 48.6 Å². The molecule has 0 radical (unpaired) electrons. The summed E-state index contributed by atoms with van der Waals surface area (Å²) in [5.41, 5.74) is 0.841. The fourth-order valence-electron chi connectivity index (χ4n) is 2.43. The van der Waals surface area contributed by atoms with E-state index in [1.54, 1.807) is 19.2 Å². The summed E-state index contributed by atoms with van der Waals surface area (Å²) in [5.74, 6) is -0.600. The van der Waals surface area contributed by atoms with E-state index in [0.717, 1.165) is 9.01 Å². The second-order valence-electron chi connectivity index (χ2n) is 6.29. The van der Waals surface area contributed by atoms with E-state index in [1.165, 1.54) is 49.7 Å². The summed E-state index contributed by atoms with van der Waals surface area (Å²) in [4.78, 5) is 28.5. The lowest BCUT2D eigenvalue weighted by Gasteiger charge is -2.11. The van der Waals surface area contributed by atoms with Gasteiger partial charge in [0, 0.05) is 14.1 Å². The number of methoxy groups -OCH3 is 1. The number of nitrogens with one attached hydrogen (secondary N) is 1. The first-order valence-corrected chi connectivity index (χ1v) is 10.9. The molecule has 0 saturated heterocycles. The van der Waals surface area contributed by atoms with Gasteiger partial charge in [0.15, 0.2) is 11.7 Å². The maximum atomic E-state index is 12.1. The van der Waals surface area contributed by atoms with Gasteiger partial charge in [-0.15, -0.1) is 0 Å². The molecule has 11 heteroatoms. The van der Waals surface area contributed by atoms with Gasteiger partial charge < -0.3 is 9.47 Å². The summed E-state index contributed by atoms with van der Waals surface area (Å²) in [6.07, 6.45) is 0. The highest BCUT2D eigenvalue weighted by Gasteiger charge is 2.18. The largest absolute Gasteiger partial charge is 0.497 e. The minimum Gasteiger partial charge on any atom is -0.497 e. The summed E-state index contributed by atoms with van der Waals surface area (Å²) in [5, 5.41) is 2.96. The summed E-state index contributed by atoms with van der Waals surface area (Å²) >= 11 is 1.27. The number of carbonyl (C=O) groups excluding carboxylic acids is 2. The van der Waals surface area contributed by atoms with Crippen LogP contribution in [0.1, 0.15) is 10.4 Å². The first-order valence-electron chi connectivity index (χ1n) is 8.65. The molecule has 1 N–H and O–H groups in total. The van der Waals surface area contributed by atoms with Gasteiger partial charge in [0.1, 0.15) is 5.75 Å². The van der Waals surface area contributed by atoms with E-state index >= 15 is 0 Å². The van der Waals surface area contributed by atoms with Gasteiger partial charge in [-0.2, -0.15) is 0 Å². The average molecular weight is 450 g/mol. The fraction of sp³-hybridized carbons (Fsp3) is 0.211. The highest BCUT2D eigenvalue weighted by Crippen LogP contribution is 2.29. The van der Waals surface area contributed by atoms with Crippen LogP contribution < -0.4 is 10.1 Å². The molecule has 0 aliphatic heterocycles. The molecule has 30 heavy (non-hydrogen) atoms. The molecular weight excluding hydrogens is 430 g/mol. The standard InChI is InChI=1S/C19H19N3O6S2/c1-22(2)30(25,26)14-7-4-12(5-8-14)18(24)28-11-17(23)21-19-20-15-9-6-13(27-3)10-16(15)29-19/h4-10H,11H2,1-3H3,(H,20,21,23). The molecule has 0 atom stereocenters. The molecule has 3 aromatic rings. The molecule has 3 rings (SSSR count). The van der Waals surface area contributed by atoms with Crippen molar-refractivity contribution in [1.29, 1.82) is 0 Å². The summed E-state index contributed by atoms with van der Waals surface area (Å²) in [6, 6.07) is 10.6. The van der Waals surface area contributed by atoms with Gasteiger partial charge in [0.05, 0.1) is 27.8 Å². The van der Waals surface area contributed by atoms with Crippen molar-refractivity contribution in [3.05, 3.63) is 48.0 Å². The van der Waals surface area contributed by atoms with Crippen molar-refractivity contribution in [3.63, 3.8) is 0 Å². The van der Waals surface area contributed by atoms with Gasteiger partial charge in [-0.3, -0.25) is 10.1 Å². The first-order chi connectivity index (χ1) is 14.2. The Bertz CT molecular complexity index is 1190. The second-order valence-corrected chi connectivity index (χ2v) is 9.47. The van der Waals surface area contributed by atoms with E-state index in [-0.39, 0.29) is 10.5 Å². The number of aromatic nitrogens is 1. The van der Waals surface area contributed by atoms with Gasteiger partial charge in [-0.25, -0.2) is 22.5 Å². The Kier molecular flexibility index (Phi) is 6.34. The topological polar surface area (TPSA) is 115 Å². The van der Waals surface area contributed by atoms with Crippen LogP contribution in [0.4, 0.5) is 5.13 Å². The Morgan fingerprint density at radius 2 is 1.83 bits per heavy atom.